The fourth-order valence-electron chi connectivity index (χ4n) is 3.32. The molecule has 3 aromatic rings. The fourth-order valence-corrected chi connectivity index (χ4v) is 3.32. The van der Waals surface area contributed by atoms with Crippen LogP contribution in [0.1, 0.15) is 26.3 Å². The van der Waals surface area contributed by atoms with Gasteiger partial charge in [-0.2, -0.15) is 5.10 Å². The highest BCUT2D eigenvalue weighted by atomic mass is 19.1. The molecule has 0 saturated heterocycles. The van der Waals surface area contributed by atoms with Crippen LogP contribution in [-0.2, 0) is 4.79 Å². The smallest absolute Gasteiger partial charge is 0.343 e. The number of carbonyl (C=O) groups excluding carboxylic acids is 3. The topological polar surface area (TPSA) is 134 Å². The SMILES string of the molecule is COc1cc(/C=N\NC(=O)CNC(=O)c2cccc(F)c2)ccc1OC(=O)c1cc(OC)c(OC)c(OC)c1. The highest BCUT2D eigenvalue weighted by molar-refractivity contribution is 5.96. The van der Waals surface area contributed by atoms with Crippen LogP contribution in [0.4, 0.5) is 4.39 Å². The van der Waals surface area contributed by atoms with Gasteiger partial charge >= 0.3 is 5.97 Å². The molecule has 12 heteroatoms. The van der Waals surface area contributed by atoms with E-state index >= 15 is 0 Å². The van der Waals surface area contributed by atoms with Crippen molar-refractivity contribution in [2.75, 3.05) is 35.0 Å². The van der Waals surface area contributed by atoms with Crippen LogP contribution in [0.5, 0.6) is 28.7 Å². The van der Waals surface area contributed by atoms with Gasteiger partial charge < -0.3 is 29.0 Å². The lowest BCUT2D eigenvalue weighted by Crippen LogP contribution is -2.34. The highest BCUT2D eigenvalue weighted by Crippen LogP contribution is 2.38. The Bertz CT molecular complexity index is 1370. The standard InChI is InChI=1S/C27H26FN3O8/c1-35-21-10-16(14-30-31-24(32)15-29-26(33)17-6-5-7-19(28)11-17)8-9-20(21)39-27(34)18-12-22(36-2)25(38-4)23(13-18)37-3/h5-14H,15H2,1-4H3,(H,29,33)(H,31,32)/b30-14-. The maximum absolute atomic E-state index is 13.2. The van der Waals surface area contributed by atoms with Gasteiger partial charge in [0.25, 0.3) is 11.8 Å². The van der Waals surface area contributed by atoms with Gasteiger partial charge in [-0.3, -0.25) is 9.59 Å². The molecule has 0 heterocycles. The number of esters is 1. The zero-order chi connectivity index (χ0) is 28.4. The van der Waals surface area contributed by atoms with Crippen LogP contribution in [0.15, 0.2) is 59.7 Å². The second-order valence-electron chi connectivity index (χ2n) is 7.70. The Morgan fingerprint density at radius 1 is 0.821 bits per heavy atom. The highest BCUT2D eigenvalue weighted by Gasteiger charge is 2.19. The van der Waals surface area contributed by atoms with Crippen LogP contribution in [0, 0.1) is 5.82 Å². The van der Waals surface area contributed by atoms with Gasteiger partial charge in [0.15, 0.2) is 23.0 Å². The van der Waals surface area contributed by atoms with E-state index in [0.29, 0.717) is 11.3 Å². The molecule has 2 amide bonds. The zero-order valence-electron chi connectivity index (χ0n) is 21.6. The molecule has 2 N–H and O–H groups in total. The molecule has 0 aromatic heterocycles. The zero-order valence-corrected chi connectivity index (χ0v) is 21.6. The Hall–Kier alpha value is -5.13. The largest absolute Gasteiger partial charge is 0.493 e. The molecule has 0 spiro atoms. The monoisotopic (exact) mass is 539 g/mol. The lowest BCUT2D eigenvalue weighted by Gasteiger charge is -2.14. The minimum absolute atomic E-state index is 0.0875. The van der Waals surface area contributed by atoms with Crippen LogP contribution in [-0.4, -0.2) is 59.0 Å². The summed E-state index contributed by atoms with van der Waals surface area (Å²) in [5.74, 6) is -1.18. The summed E-state index contributed by atoms with van der Waals surface area (Å²) in [7, 11) is 5.71. The average molecular weight is 540 g/mol. The van der Waals surface area contributed by atoms with E-state index in [1.165, 1.54) is 71.1 Å². The Kier molecular flexibility index (Phi) is 9.79. The Morgan fingerprint density at radius 2 is 1.51 bits per heavy atom. The number of amides is 2. The molecular formula is C27H26FN3O8. The van der Waals surface area contributed by atoms with Crippen molar-refractivity contribution in [1.29, 1.82) is 0 Å². The Morgan fingerprint density at radius 3 is 2.13 bits per heavy atom. The Labute approximate surface area is 223 Å². The van der Waals surface area contributed by atoms with Gasteiger partial charge in [0, 0.05) is 5.56 Å². The first-order valence-corrected chi connectivity index (χ1v) is 11.4. The molecule has 0 aliphatic heterocycles. The molecular weight excluding hydrogens is 513 g/mol. The number of methoxy groups -OCH3 is 4. The van der Waals surface area contributed by atoms with Crippen LogP contribution in [0.3, 0.4) is 0 Å². The first kappa shape index (κ1) is 28.4. The molecule has 0 aliphatic rings. The summed E-state index contributed by atoms with van der Waals surface area (Å²) in [6, 6.07) is 12.6. The predicted octanol–water partition coefficient (Wildman–Crippen LogP) is 2.96. The first-order valence-electron chi connectivity index (χ1n) is 11.4. The minimum Gasteiger partial charge on any atom is -0.493 e. The van der Waals surface area contributed by atoms with Crippen molar-refractivity contribution >= 4 is 24.0 Å². The van der Waals surface area contributed by atoms with Crippen molar-refractivity contribution in [3.63, 3.8) is 0 Å². The second kappa shape index (κ2) is 13.4. The molecule has 0 bridgehead atoms. The van der Waals surface area contributed by atoms with E-state index in [1.54, 1.807) is 12.1 Å². The van der Waals surface area contributed by atoms with Crippen LogP contribution < -0.4 is 34.4 Å². The molecule has 3 rings (SSSR count). The van der Waals surface area contributed by atoms with Crippen molar-refractivity contribution in [3.8, 4) is 28.7 Å². The summed E-state index contributed by atoms with van der Waals surface area (Å²) in [6.07, 6.45) is 1.33. The van der Waals surface area contributed by atoms with E-state index in [2.05, 4.69) is 15.8 Å². The molecule has 0 atom stereocenters. The van der Waals surface area contributed by atoms with Gasteiger partial charge in [-0.15, -0.1) is 0 Å². The number of hydrogen-bond acceptors (Lipinski definition) is 9. The first-order chi connectivity index (χ1) is 18.8. The fraction of sp³-hybridized carbons (Fsp3) is 0.185. The van der Waals surface area contributed by atoms with Gasteiger partial charge in [-0.1, -0.05) is 6.07 Å². The van der Waals surface area contributed by atoms with E-state index in [-0.39, 0.29) is 40.7 Å². The average Bonchev–Trinajstić information content (AvgIpc) is 2.95. The summed E-state index contributed by atoms with van der Waals surface area (Å²) in [6.45, 7) is -0.369. The lowest BCUT2D eigenvalue weighted by atomic mass is 10.1. The van der Waals surface area contributed by atoms with Crippen molar-refractivity contribution < 1.29 is 42.5 Å². The predicted molar refractivity (Wildman–Crippen MR) is 139 cm³/mol. The number of nitrogens with zero attached hydrogens (tertiary/aromatic N) is 1. The number of ether oxygens (including phenoxy) is 5. The lowest BCUT2D eigenvalue weighted by molar-refractivity contribution is -0.120. The van der Waals surface area contributed by atoms with Crippen molar-refractivity contribution in [2.24, 2.45) is 5.10 Å². The molecule has 0 radical (unpaired) electrons. The number of rotatable bonds is 11. The number of nitrogens with one attached hydrogen (secondary N) is 2. The molecule has 39 heavy (non-hydrogen) atoms. The van der Waals surface area contributed by atoms with Crippen LogP contribution in [0.25, 0.3) is 0 Å². The third-order valence-electron chi connectivity index (χ3n) is 5.19. The van der Waals surface area contributed by atoms with E-state index in [0.717, 1.165) is 6.07 Å². The van der Waals surface area contributed by atoms with Gasteiger partial charge in [0.1, 0.15) is 5.82 Å². The van der Waals surface area contributed by atoms with Crippen molar-refractivity contribution in [2.45, 2.75) is 0 Å². The van der Waals surface area contributed by atoms with E-state index in [4.69, 9.17) is 23.7 Å². The minimum atomic E-state index is -0.693. The van der Waals surface area contributed by atoms with Crippen molar-refractivity contribution in [1.82, 2.24) is 10.7 Å². The van der Waals surface area contributed by atoms with Gasteiger partial charge in [0.2, 0.25) is 5.75 Å². The van der Waals surface area contributed by atoms with Crippen LogP contribution >= 0.6 is 0 Å². The maximum Gasteiger partial charge on any atom is 0.343 e. The number of carbonyl (C=O) groups is 3. The van der Waals surface area contributed by atoms with E-state index in [9.17, 15) is 18.8 Å². The summed E-state index contributed by atoms with van der Waals surface area (Å²) in [4.78, 5) is 36.8. The third-order valence-corrected chi connectivity index (χ3v) is 5.19. The normalized spacial score (nSPS) is 10.5. The molecule has 0 saturated carbocycles. The summed E-state index contributed by atoms with van der Waals surface area (Å²) in [5, 5.41) is 6.21. The quantitative estimate of drug-likeness (QED) is 0.164. The van der Waals surface area contributed by atoms with E-state index in [1.807, 2.05) is 0 Å². The van der Waals surface area contributed by atoms with Gasteiger partial charge in [-0.25, -0.2) is 14.6 Å². The number of hydrazone groups is 1. The van der Waals surface area contributed by atoms with Gasteiger partial charge in [-0.05, 0) is 54.1 Å². The summed E-state index contributed by atoms with van der Waals surface area (Å²) in [5.41, 5.74) is 3.03. The van der Waals surface area contributed by atoms with Gasteiger partial charge in [0.05, 0.1) is 46.8 Å². The summed E-state index contributed by atoms with van der Waals surface area (Å²) >= 11 is 0. The molecule has 0 fully saturated rings. The third kappa shape index (κ3) is 7.44. The second-order valence-corrected chi connectivity index (χ2v) is 7.70. The molecule has 0 unspecified atom stereocenters. The number of hydrogen-bond donors (Lipinski definition) is 2. The molecule has 3 aromatic carbocycles. The molecule has 0 aliphatic carbocycles. The van der Waals surface area contributed by atoms with Crippen LogP contribution in [0.2, 0.25) is 0 Å². The van der Waals surface area contributed by atoms with Crippen molar-refractivity contribution in [3.05, 3.63) is 77.1 Å². The van der Waals surface area contributed by atoms with E-state index < -0.39 is 23.6 Å². The molecule has 11 nitrogen and oxygen atoms in total. The summed E-state index contributed by atoms with van der Waals surface area (Å²) < 4.78 is 39.9. The Balaban J connectivity index is 1.62. The molecule has 204 valence electrons. The number of halogens is 1. The number of benzene rings is 3. The maximum atomic E-state index is 13.2.